The highest BCUT2D eigenvalue weighted by molar-refractivity contribution is 8.00. The zero-order valence-corrected chi connectivity index (χ0v) is 20.6. The van der Waals surface area contributed by atoms with Crippen molar-refractivity contribution < 1.29 is 9.18 Å². The standard InChI is InChI=1S/C32H21FN2OS/c33-27-17-15-24(16-18-27)28-19-30(25-9-5-2-6-10-25)35-32(29(28)20-34)37-21-31(36)26-13-11-23(12-14-26)22-7-3-1-4-8-22/h1-19H,21H2. The van der Waals surface area contributed by atoms with Crippen LogP contribution in [0.3, 0.4) is 0 Å². The zero-order chi connectivity index (χ0) is 25.6. The molecule has 0 spiro atoms. The summed E-state index contributed by atoms with van der Waals surface area (Å²) >= 11 is 1.24. The number of hydrogen-bond donors (Lipinski definition) is 0. The second kappa shape index (κ2) is 11.0. The first kappa shape index (κ1) is 24.2. The summed E-state index contributed by atoms with van der Waals surface area (Å²) in [4.78, 5) is 17.8. The van der Waals surface area contributed by atoms with Gasteiger partial charge in [-0.15, -0.1) is 0 Å². The van der Waals surface area contributed by atoms with Gasteiger partial charge in [0.2, 0.25) is 0 Å². The summed E-state index contributed by atoms with van der Waals surface area (Å²) in [6.45, 7) is 0. The quantitative estimate of drug-likeness (QED) is 0.167. The van der Waals surface area contributed by atoms with Gasteiger partial charge in [0.25, 0.3) is 0 Å². The van der Waals surface area contributed by atoms with Gasteiger partial charge in [0.15, 0.2) is 5.78 Å². The molecule has 1 heterocycles. The number of pyridine rings is 1. The van der Waals surface area contributed by atoms with Gasteiger partial charge in [0.05, 0.1) is 17.0 Å². The molecule has 1 aromatic heterocycles. The fraction of sp³-hybridized carbons (Fsp3) is 0.0312. The van der Waals surface area contributed by atoms with Crippen LogP contribution in [0.5, 0.6) is 0 Å². The zero-order valence-electron chi connectivity index (χ0n) is 19.8. The minimum atomic E-state index is -0.349. The normalized spacial score (nSPS) is 10.6. The summed E-state index contributed by atoms with van der Waals surface area (Å²) in [6, 6.07) is 37.3. The Balaban J connectivity index is 1.45. The summed E-state index contributed by atoms with van der Waals surface area (Å²) in [5.41, 5.74) is 6.02. The average Bonchev–Trinajstić information content (AvgIpc) is 2.97. The molecule has 0 aliphatic carbocycles. The number of nitriles is 1. The van der Waals surface area contributed by atoms with E-state index >= 15 is 0 Å². The van der Waals surface area contributed by atoms with Crippen molar-refractivity contribution in [2.45, 2.75) is 5.03 Å². The van der Waals surface area contributed by atoms with E-state index in [1.165, 1.54) is 23.9 Å². The predicted octanol–water partition coefficient (Wildman–Crippen LogP) is 8.07. The molecule has 0 radical (unpaired) electrons. The van der Waals surface area contributed by atoms with Crippen molar-refractivity contribution >= 4 is 17.5 Å². The molecular formula is C32H21FN2OS. The Morgan fingerprint density at radius 1 is 0.757 bits per heavy atom. The van der Waals surface area contributed by atoms with Crippen molar-refractivity contribution in [1.29, 1.82) is 5.26 Å². The molecule has 3 nitrogen and oxygen atoms in total. The van der Waals surface area contributed by atoms with Crippen LogP contribution >= 0.6 is 11.8 Å². The van der Waals surface area contributed by atoms with Crippen LogP contribution in [0.1, 0.15) is 15.9 Å². The molecule has 5 rings (SSSR count). The van der Waals surface area contributed by atoms with Crippen LogP contribution in [0.2, 0.25) is 0 Å². The molecule has 178 valence electrons. The number of hydrogen-bond acceptors (Lipinski definition) is 4. The lowest BCUT2D eigenvalue weighted by Crippen LogP contribution is -2.04. The Labute approximate surface area is 219 Å². The van der Waals surface area contributed by atoms with E-state index in [1.54, 1.807) is 12.1 Å². The Morgan fingerprint density at radius 2 is 1.32 bits per heavy atom. The van der Waals surface area contributed by atoms with Crippen LogP contribution in [0.15, 0.2) is 120 Å². The van der Waals surface area contributed by atoms with Crippen molar-refractivity contribution in [2.75, 3.05) is 5.75 Å². The molecule has 0 aliphatic rings. The van der Waals surface area contributed by atoms with Gasteiger partial charge in [-0.05, 0) is 34.9 Å². The summed E-state index contributed by atoms with van der Waals surface area (Å²) in [5.74, 6) is -0.269. The molecule has 0 saturated carbocycles. The maximum atomic E-state index is 13.6. The van der Waals surface area contributed by atoms with Crippen molar-refractivity contribution in [3.05, 3.63) is 132 Å². The molecule has 0 fully saturated rings. The van der Waals surface area contributed by atoms with Crippen LogP contribution < -0.4 is 0 Å². The minimum absolute atomic E-state index is 0.0521. The maximum Gasteiger partial charge on any atom is 0.173 e. The summed E-state index contributed by atoms with van der Waals surface area (Å²) in [6.07, 6.45) is 0. The SMILES string of the molecule is N#Cc1c(-c2ccc(F)cc2)cc(-c2ccccc2)nc1SCC(=O)c1ccc(-c2ccccc2)cc1. The second-order valence-electron chi connectivity index (χ2n) is 8.38. The molecule has 4 aromatic carbocycles. The van der Waals surface area contributed by atoms with Crippen LogP contribution in [0.4, 0.5) is 4.39 Å². The number of benzene rings is 4. The third-order valence-corrected chi connectivity index (χ3v) is 6.95. The van der Waals surface area contributed by atoms with E-state index in [0.29, 0.717) is 33.0 Å². The lowest BCUT2D eigenvalue weighted by molar-refractivity contribution is 0.102. The molecule has 5 heteroatoms. The van der Waals surface area contributed by atoms with Gasteiger partial charge in [0.1, 0.15) is 16.9 Å². The number of ketones is 1. The van der Waals surface area contributed by atoms with Gasteiger partial charge in [-0.2, -0.15) is 5.26 Å². The largest absolute Gasteiger partial charge is 0.293 e. The average molecular weight is 501 g/mol. The number of carbonyl (C=O) groups is 1. The number of nitrogens with zero attached hydrogens (tertiary/aromatic N) is 2. The number of Topliss-reactive ketones (excluding diaryl/α,β-unsaturated/α-hetero) is 1. The van der Waals surface area contributed by atoms with Crippen molar-refractivity contribution in [3.8, 4) is 39.6 Å². The van der Waals surface area contributed by atoms with E-state index in [4.69, 9.17) is 4.98 Å². The molecule has 0 aliphatic heterocycles. The monoisotopic (exact) mass is 500 g/mol. The highest BCUT2D eigenvalue weighted by atomic mass is 32.2. The molecule has 0 atom stereocenters. The van der Waals surface area contributed by atoms with E-state index in [0.717, 1.165) is 16.7 Å². The highest BCUT2D eigenvalue weighted by Gasteiger charge is 2.18. The number of halogens is 1. The number of aromatic nitrogens is 1. The van der Waals surface area contributed by atoms with Crippen LogP contribution in [-0.2, 0) is 0 Å². The summed E-state index contributed by atoms with van der Waals surface area (Å²) < 4.78 is 13.6. The summed E-state index contributed by atoms with van der Waals surface area (Å²) in [7, 11) is 0. The Kier molecular flexibility index (Phi) is 7.21. The van der Waals surface area contributed by atoms with E-state index in [-0.39, 0.29) is 17.4 Å². The van der Waals surface area contributed by atoms with E-state index in [1.807, 2.05) is 91.0 Å². The Hall–Kier alpha value is -4.53. The number of thioether (sulfide) groups is 1. The predicted molar refractivity (Wildman–Crippen MR) is 147 cm³/mol. The lowest BCUT2D eigenvalue weighted by atomic mass is 9.99. The van der Waals surface area contributed by atoms with Gasteiger partial charge in [-0.25, -0.2) is 9.37 Å². The first-order chi connectivity index (χ1) is 18.1. The molecule has 37 heavy (non-hydrogen) atoms. The van der Waals surface area contributed by atoms with Gasteiger partial charge in [-0.3, -0.25) is 4.79 Å². The van der Waals surface area contributed by atoms with Gasteiger partial charge >= 0.3 is 0 Å². The maximum absolute atomic E-state index is 13.6. The fourth-order valence-electron chi connectivity index (χ4n) is 4.04. The van der Waals surface area contributed by atoms with E-state index in [9.17, 15) is 14.4 Å². The Morgan fingerprint density at radius 3 is 1.95 bits per heavy atom. The first-order valence-corrected chi connectivity index (χ1v) is 12.7. The smallest absolute Gasteiger partial charge is 0.173 e. The van der Waals surface area contributed by atoms with Gasteiger partial charge < -0.3 is 0 Å². The molecule has 0 saturated heterocycles. The number of rotatable bonds is 7. The Bertz CT molecular complexity index is 1580. The van der Waals surface area contributed by atoms with Crippen LogP contribution in [0, 0.1) is 17.1 Å². The molecular weight excluding hydrogens is 479 g/mol. The number of carbonyl (C=O) groups excluding carboxylic acids is 1. The summed E-state index contributed by atoms with van der Waals surface area (Å²) in [5, 5.41) is 10.5. The lowest BCUT2D eigenvalue weighted by Gasteiger charge is -2.12. The van der Waals surface area contributed by atoms with Gasteiger partial charge in [-0.1, -0.05) is 109 Å². The first-order valence-electron chi connectivity index (χ1n) is 11.7. The van der Waals surface area contributed by atoms with Crippen LogP contribution in [-0.4, -0.2) is 16.5 Å². The molecule has 0 N–H and O–H groups in total. The van der Waals surface area contributed by atoms with Crippen molar-refractivity contribution in [2.24, 2.45) is 0 Å². The fourth-order valence-corrected chi connectivity index (χ4v) is 4.94. The molecule has 5 aromatic rings. The van der Waals surface area contributed by atoms with Crippen molar-refractivity contribution in [3.63, 3.8) is 0 Å². The molecule has 0 bridgehead atoms. The van der Waals surface area contributed by atoms with Gasteiger partial charge in [0, 0.05) is 16.7 Å². The molecule has 0 unspecified atom stereocenters. The third kappa shape index (κ3) is 5.50. The topological polar surface area (TPSA) is 53.8 Å². The highest BCUT2D eigenvalue weighted by Crippen LogP contribution is 2.34. The van der Waals surface area contributed by atoms with E-state index < -0.39 is 0 Å². The minimum Gasteiger partial charge on any atom is -0.293 e. The van der Waals surface area contributed by atoms with E-state index in [2.05, 4.69) is 6.07 Å². The van der Waals surface area contributed by atoms with Crippen LogP contribution in [0.25, 0.3) is 33.5 Å². The second-order valence-corrected chi connectivity index (χ2v) is 9.34. The van der Waals surface area contributed by atoms with Crippen molar-refractivity contribution in [1.82, 2.24) is 4.98 Å². The molecule has 0 amide bonds. The third-order valence-electron chi connectivity index (χ3n) is 5.98.